The summed E-state index contributed by atoms with van der Waals surface area (Å²) in [6, 6.07) is 12.1. The fourth-order valence-corrected chi connectivity index (χ4v) is 3.62. The first-order valence-corrected chi connectivity index (χ1v) is 8.97. The number of rotatable bonds is 3. The number of carbonyl (C=O) groups is 2. The molecule has 0 aromatic heterocycles. The number of para-hydroxylation sites is 2. The minimum Gasteiger partial charge on any atom is -0.486 e. The van der Waals surface area contributed by atoms with Crippen molar-refractivity contribution < 1.29 is 28.5 Å². The van der Waals surface area contributed by atoms with Gasteiger partial charge in [-0.1, -0.05) is 18.2 Å². The van der Waals surface area contributed by atoms with Crippen molar-refractivity contribution in [1.29, 1.82) is 0 Å². The van der Waals surface area contributed by atoms with Crippen LogP contribution in [0.1, 0.15) is 12.5 Å². The Morgan fingerprint density at radius 1 is 1.04 bits per heavy atom. The van der Waals surface area contributed by atoms with Gasteiger partial charge in [-0.15, -0.1) is 0 Å². The molecule has 0 unspecified atom stereocenters. The zero-order valence-electron chi connectivity index (χ0n) is 15.1. The Bertz CT molecular complexity index is 977. The maximum atomic E-state index is 13.1. The fourth-order valence-electron chi connectivity index (χ4n) is 3.62. The molecule has 144 valence electrons. The average Bonchev–Trinajstić information content (AvgIpc) is 3.26. The van der Waals surface area contributed by atoms with Gasteiger partial charge in [0, 0.05) is 0 Å². The van der Waals surface area contributed by atoms with Gasteiger partial charge in [-0.3, -0.25) is 9.69 Å². The van der Waals surface area contributed by atoms with E-state index >= 15 is 0 Å². The zero-order chi connectivity index (χ0) is 19.3. The Labute approximate surface area is 160 Å². The number of amides is 3. The smallest absolute Gasteiger partial charge is 0.325 e. The van der Waals surface area contributed by atoms with E-state index in [-0.39, 0.29) is 25.9 Å². The summed E-state index contributed by atoms with van der Waals surface area (Å²) in [4.78, 5) is 26.9. The monoisotopic (exact) mass is 382 g/mol. The number of carbonyl (C=O) groups excluding carboxylic acids is 2. The van der Waals surface area contributed by atoms with E-state index in [1.807, 2.05) is 18.2 Å². The first kappa shape index (κ1) is 16.7. The molecule has 0 bridgehead atoms. The van der Waals surface area contributed by atoms with Gasteiger partial charge in [0.15, 0.2) is 29.1 Å². The second kappa shape index (κ2) is 6.05. The largest absolute Gasteiger partial charge is 0.486 e. The van der Waals surface area contributed by atoms with Crippen molar-refractivity contribution >= 4 is 11.9 Å². The zero-order valence-corrected chi connectivity index (χ0v) is 15.1. The molecule has 0 aliphatic carbocycles. The molecule has 5 rings (SSSR count). The van der Waals surface area contributed by atoms with Gasteiger partial charge >= 0.3 is 6.03 Å². The Balaban J connectivity index is 1.36. The molecule has 1 saturated heterocycles. The molecule has 0 spiro atoms. The molecule has 1 fully saturated rings. The molecule has 8 nitrogen and oxygen atoms in total. The van der Waals surface area contributed by atoms with E-state index in [1.165, 1.54) is 4.90 Å². The van der Waals surface area contributed by atoms with Crippen LogP contribution in [0.25, 0.3) is 0 Å². The van der Waals surface area contributed by atoms with E-state index in [9.17, 15) is 9.59 Å². The molecule has 28 heavy (non-hydrogen) atoms. The number of nitrogens with zero attached hydrogens (tertiary/aromatic N) is 1. The number of imide groups is 1. The Hall–Kier alpha value is -3.42. The van der Waals surface area contributed by atoms with Gasteiger partial charge in [0.25, 0.3) is 5.91 Å². The van der Waals surface area contributed by atoms with Crippen molar-refractivity contribution in [2.45, 2.75) is 18.6 Å². The summed E-state index contributed by atoms with van der Waals surface area (Å²) < 4.78 is 22.3. The van der Waals surface area contributed by atoms with Gasteiger partial charge in [0.05, 0.1) is 6.54 Å². The van der Waals surface area contributed by atoms with Crippen LogP contribution in [0.15, 0.2) is 42.5 Å². The highest BCUT2D eigenvalue weighted by Crippen LogP contribution is 2.38. The number of benzene rings is 2. The van der Waals surface area contributed by atoms with Crippen molar-refractivity contribution in [2.24, 2.45) is 0 Å². The molecular weight excluding hydrogens is 364 g/mol. The predicted octanol–water partition coefficient (Wildman–Crippen LogP) is 2.02. The summed E-state index contributed by atoms with van der Waals surface area (Å²) in [5.41, 5.74) is -0.561. The van der Waals surface area contributed by atoms with Crippen LogP contribution in [0.4, 0.5) is 4.79 Å². The lowest BCUT2D eigenvalue weighted by Gasteiger charge is -2.29. The quantitative estimate of drug-likeness (QED) is 0.818. The van der Waals surface area contributed by atoms with Crippen molar-refractivity contribution in [3.05, 3.63) is 48.0 Å². The third-order valence-corrected chi connectivity index (χ3v) is 5.18. The number of fused-ring (bicyclic) bond motifs is 2. The first-order valence-electron chi connectivity index (χ1n) is 8.97. The van der Waals surface area contributed by atoms with Crippen LogP contribution < -0.4 is 24.3 Å². The van der Waals surface area contributed by atoms with E-state index in [1.54, 1.807) is 31.2 Å². The molecule has 2 atom stereocenters. The van der Waals surface area contributed by atoms with E-state index in [2.05, 4.69) is 5.32 Å². The number of nitrogens with one attached hydrogen (secondary N) is 1. The maximum absolute atomic E-state index is 13.1. The second-order valence-corrected chi connectivity index (χ2v) is 7.04. The molecule has 2 aromatic carbocycles. The number of hydrogen-bond acceptors (Lipinski definition) is 6. The van der Waals surface area contributed by atoms with Crippen LogP contribution in [0.2, 0.25) is 0 Å². The normalized spacial score (nSPS) is 25.0. The highest BCUT2D eigenvalue weighted by atomic mass is 16.7. The van der Waals surface area contributed by atoms with Crippen molar-refractivity contribution in [1.82, 2.24) is 10.2 Å². The summed E-state index contributed by atoms with van der Waals surface area (Å²) in [6.07, 6.45) is -0.441. The van der Waals surface area contributed by atoms with E-state index < -0.39 is 17.7 Å². The van der Waals surface area contributed by atoms with Crippen molar-refractivity contribution in [2.75, 3.05) is 19.9 Å². The molecule has 2 aromatic rings. The lowest BCUT2D eigenvalue weighted by atomic mass is 9.91. The molecule has 3 aliphatic rings. The van der Waals surface area contributed by atoms with Crippen LogP contribution in [0, 0.1) is 0 Å². The minimum absolute atomic E-state index is 0.0964. The van der Waals surface area contributed by atoms with E-state index in [0.717, 1.165) is 0 Å². The molecular formula is C20H18N2O6. The average molecular weight is 382 g/mol. The molecule has 3 aliphatic heterocycles. The summed E-state index contributed by atoms with van der Waals surface area (Å²) in [5, 5.41) is 2.79. The topological polar surface area (TPSA) is 86.3 Å². The van der Waals surface area contributed by atoms with Gasteiger partial charge in [0.1, 0.15) is 12.1 Å². The van der Waals surface area contributed by atoms with Gasteiger partial charge in [-0.2, -0.15) is 0 Å². The van der Waals surface area contributed by atoms with Gasteiger partial charge in [-0.25, -0.2) is 4.79 Å². The van der Waals surface area contributed by atoms with Gasteiger partial charge < -0.3 is 24.3 Å². The van der Waals surface area contributed by atoms with Crippen LogP contribution in [-0.2, 0) is 10.3 Å². The Kier molecular flexibility index (Phi) is 3.61. The predicted molar refractivity (Wildman–Crippen MR) is 96.5 cm³/mol. The lowest BCUT2D eigenvalue weighted by molar-refractivity contribution is -0.132. The Morgan fingerprint density at radius 2 is 1.79 bits per heavy atom. The summed E-state index contributed by atoms with van der Waals surface area (Å²) >= 11 is 0. The molecule has 0 saturated carbocycles. The lowest BCUT2D eigenvalue weighted by Crippen LogP contribution is -2.45. The molecule has 3 heterocycles. The third-order valence-electron chi connectivity index (χ3n) is 5.18. The second-order valence-electron chi connectivity index (χ2n) is 7.04. The fraction of sp³-hybridized carbons (Fsp3) is 0.300. The summed E-state index contributed by atoms with van der Waals surface area (Å²) in [6.45, 7) is 2.18. The molecule has 3 amide bonds. The SMILES string of the molecule is C[C@@]1(c2ccc3c(c2)OCO3)NC(=O)N(C[C@@H]2COc3ccccc3O2)C1=O. The highest BCUT2D eigenvalue weighted by Gasteiger charge is 2.50. The molecule has 0 radical (unpaired) electrons. The summed E-state index contributed by atoms with van der Waals surface area (Å²) in [5.74, 6) is 2.08. The number of hydrogen-bond donors (Lipinski definition) is 1. The van der Waals surface area contributed by atoms with Crippen LogP contribution >= 0.6 is 0 Å². The van der Waals surface area contributed by atoms with Gasteiger partial charge in [0.2, 0.25) is 6.79 Å². The Morgan fingerprint density at radius 3 is 2.64 bits per heavy atom. The molecule has 1 N–H and O–H groups in total. The third kappa shape index (κ3) is 2.52. The van der Waals surface area contributed by atoms with E-state index in [4.69, 9.17) is 18.9 Å². The first-order chi connectivity index (χ1) is 13.5. The van der Waals surface area contributed by atoms with Gasteiger partial charge in [-0.05, 0) is 36.8 Å². The minimum atomic E-state index is -1.19. The van der Waals surface area contributed by atoms with E-state index in [0.29, 0.717) is 28.6 Å². The molecule has 8 heteroatoms. The van der Waals surface area contributed by atoms with Crippen molar-refractivity contribution in [3.8, 4) is 23.0 Å². The standard InChI is InChI=1S/C20H18N2O6/c1-20(12-6-7-15-17(8-12)27-11-26-15)18(23)22(19(24)21-20)9-13-10-25-14-4-2-3-5-16(14)28-13/h2-8,13H,9-11H2,1H3,(H,21,24)/t13-,20+/m1/s1. The van der Waals surface area contributed by atoms with Crippen LogP contribution in [0.3, 0.4) is 0 Å². The van der Waals surface area contributed by atoms with Crippen LogP contribution in [-0.4, -0.2) is 42.9 Å². The maximum Gasteiger partial charge on any atom is 0.325 e. The van der Waals surface area contributed by atoms with Crippen molar-refractivity contribution in [3.63, 3.8) is 0 Å². The summed E-state index contributed by atoms with van der Waals surface area (Å²) in [7, 11) is 0. The van der Waals surface area contributed by atoms with Crippen LogP contribution in [0.5, 0.6) is 23.0 Å². The number of ether oxygens (including phenoxy) is 4. The highest BCUT2D eigenvalue weighted by molar-refractivity contribution is 6.07. The number of urea groups is 1.